The molecule has 0 aromatic carbocycles. The third-order valence-corrected chi connectivity index (χ3v) is 3.08. The molecule has 0 spiro atoms. The largest absolute Gasteiger partial charge is 0.378 e. The van der Waals surface area contributed by atoms with Crippen molar-refractivity contribution < 1.29 is 9.53 Å². The molecule has 0 aromatic heterocycles. The van der Waals surface area contributed by atoms with Crippen LogP contribution in [0.2, 0.25) is 0 Å². The van der Waals surface area contributed by atoms with E-state index < -0.39 is 0 Å². The fourth-order valence-corrected chi connectivity index (χ4v) is 1.90. The van der Waals surface area contributed by atoms with Crippen LogP contribution < -0.4 is 5.73 Å². The maximum atomic E-state index is 12.1. The van der Waals surface area contributed by atoms with Gasteiger partial charge in [-0.15, -0.1) is 0 Å². The van der Waals surface area contributed by atoms with Crippen LogP contribution in [0, 0.1) is 0 Å². The van der Waals surface area contributed by atoms with E-state index in [1.54, 1.807) is 0 Å². The fourth-order valence-electron chi connectivity index (χ4n) is 1.90. The molecule has 1 aliphatic rings. The highest BCUT2D eigenvalue weighted by atomic mass is 16.5. The molecule has 0 bridgehead atoms. The maximum absolute atomic E-state index is 12.1. The lowest BCUT2D eigenvalue weighted by Gasteiger charge is -2.31. The van der Waals surface area contributed by atoms with E-state index in [0.29, 0.717) is 32.3 Å². The summed E-state index contributed by atoms with van der Waals surface area (Å²) in [6.45, 7) is 9.07. The summed E-state index contributed by atoms with van der Waals surface area (Å²) in [5.41, 5.74) is 5.51. The zero-order valence-corrected chi connectivity index (χ0v) is 11.0. The Hall–Kier alpha value is -0.650. The second-order valence-corrected chi connectivity index (χ2v) is 4.70. The summed E-state index contributed by atoms with van der Waals surface area (Å²) in [5.74, 6) is 0.207. The molecule has 5 heteroatoms. The van der Waals surface area contributed by atoms with Gasteiger partial charge in [0.1, 0.15) is 0 Å². The summed E-state index contributed by atoms with van der Waals surface area (Å²) in [7, 11) is 0. The summed E-state index contributed by atoms with van der Waals surface area (Å²) in [4.78, 5) is 16.1. The van der Waals surface area contributed by atoms with E-state index >= 15 is 0 Å². The van der Waals surface area contributed by atoms with E-state index in [-0.39, 0.29) is 5.91 Å². The van der Waals surface area contributed by atoms with Crippen LogP contribution in [-0.2, 0) is 9.53 Å². The van der Waals surface area contributed by atoms with Crippen LogP contribution in [0.4, 0.5) is 0 Å². The first-order valence-corrected chi connectivity index (χ1v) is 6.44. The average molecular weight is 243 g/mol. The van der Waals surface area contributed by atoms with Crippen LogP contribution in [0.5, 0.6) is 0 Å². The summed E-state index contributed by atoms with van der Waals surface area (Å²) in [6, 6.07) is 0.381. The Bertz CT molecular complexity index is 228. The minimum atomic E-state index is 0.207. The first-order chi connectivity index (χ1) is 8.15. The topological polar surface area (TPSA) is 58.8 Å². The van der Waals surface area contributed by atoms with Crippen molar-refractivity contribution in [3.05, 3.63) is 0 Å². The quantitative estimate of drug-likeness (QED) is 0.708. The van der Waals surface area contributed by atoms with Crippen molar-refractivity contribution in [1.29, 1.82) is 0 Å². The number of hydrogen-bond donors (Lipinski definition) is 1. The first kappa shape index (κ1) is 14.4. The van der Waals surface area contributed by atoms with Crippen LogP contribution in [0.3, 0.4) is 0 Å². The Balaban J connectivity index is 2.39. The van der Waals surface area contributed by atoms with Gasteiger partial charge in [-0.2, -0.15) is 0 Å². The van der Waals surface area contributed by atoms with Crippen LogP contribution in [0.15, 0.2) is 0 Å². The van der Waals surface area contributed by atoms with Crippen LogP contribution in [0.25, 0.3) is 0 Å². The van der Waals surface area contributed by atoms with Gasteiger partial charge in [0, 0.05) is 25.7 Å². The Morgan fingerprint density at radius 2 is 2.06 bits per heavy atom. The summed E-state index contributed by atoms with van der Waals surface area (Å²) < 4.78 is 5.24. The predicted octanol–water partition coefficient (Wildman–Crippen LogP) is -0.0956. The Kier molecular flexibility index (Phi) is 6.47. The summed E-state index contributed by atoms with van der Waals surface area (Å²) >= 11 is 0. The van der Waals surface area contributed by atoms with E-state index in [9.17, 15) is 4.79 Å². The monoisotopic (exact) mass is 243 g/mol. The number of rotatable bonds is 6. The number of nitrogens with two attached hydrogens (primary N) is 1. The van der Waals surface area contributed by atoms with Crippen LogP contribution in [-0.4, -0.2) is 67.7 Å². The van der Waals surface area contributed by atoms with E-state index in [1.165, 1.54) is 0 Å². The molecule has 0 unspecified atom stereocenters. The highest BCUT2D eigenvalue weighted by Crippen LogP contribution is 2.03. The van der Waals surface area contributed by atoms with E-state index in [0.717, 1.165) is 26.1 Å². The molecule has 1 amide bonds. The minimum absolute atomic E-state index is 0.207. The van der Waals surface area contributed by atoms with Gasteiger partial charge in [0.2, 0.25) is 5.91 Å². The van der Waals surface area contributed by atoms with Crippen molar-refractivity contribution >= 4 is 5.91 Å². The van der Waals surface area contributed by atoms with Gasteiger partial charge in [0.05, 0.1) is 19.8 Å². The second kappa shape index (κ2) is 7.63. The number of morpholine rings is 1. The van der Waals surface area contributed by atoms with Gasteiger partial charge in [-0.1, -0.05) is 0 Å². The Morgan fingerprint density at radius 3 is 2.59 bits per heavy atom. The number of amides is 1. The molecule has 0 aromatic rings. The van der Waals surface area contributed by atoms with Gasteiger partial charge in [-0.05, 0) is 26.8 Å². The van der Waals surface area contributed by atoms with E-state index in [1.807, 2.05) is 4.90 Å². The summed E-state index contributed by atoms with van der Waals surface area (Å²) in [5, 5.41) is 0. The predicted molar refractivity (Wildman–Crippen MR) is 67.8 cm³/mol. The lowest BCUT2D eigenvalue weighted by atomic mass is 10.2. The number of ether oxygens (including phenoxy) is 1. The molecule has 1 rings (SSSR count). The third kappa shape index (κ3) is 5.02. The molecule has 0 radical (unpaired) electrons. The molecule has 5 nitrogen and oxygen atoms in total. The molecule has 1 saturated heterocycles. The molecule has 2 N–H and O–H groups in total. The molecule has 0 saturated carbocycles. The van der Waals surface area contributed by atoms with Crippen molar-refractivity contribution in [3.63, 3.8) is 0 Å². The highest BCUT2D eigenvalue weighted by molar-refractivity contribution is 5.78. The van der Waals surface area contributed by atoms with Crippen molar-refractivity contribution in [2.45, 2.75) is 26.3 Å². The number of hydrogen-bond acceptors (Lipinski definition) is 4. The van der Waals surface area contributed by atoms with Crippen molar-refractivity contribution in [1.82, 2.24) is 9.80 Å². The summed E-state index contributed by atoms with van der Waals surface area (Å²) in [6.07, 6.45) is 0.939. The van der Waals surface area contributed by atoms with Gasteiger partial charge in [0.15, 0.2) is 0 Å². The van der Waals surface area contributed by atoms with Crippen LogP contribution >= 0.6 is 0 Å². The van der Waals surface area contributed by atoms with Gasteiger partial charge < -0.3 is 15.4 Å². The van der Waals surface area contributed by atoms with Crippen LogP contribution in [0.1, 0.15) is 20.3 Å². The molecule has 0 atom stereocenters. The molecule has 0 aliphatic carbocycles. The first-order valence-electron chi connectivity index (χ1n) is 6.44. The SMILES string of the molecule is CC(C)N(CCCN)CC(=O)N1CCOCC1. The lowest BCUT2D eigenvalue weighted by Crippen LogP contribution is -2.47. The zero-order chi connectivity index (χ0) is 12.7. The van der Waals surface area contributed by atoms with Gasteiger partial charge in [0.25, 0.3) is 0 Å². The highest BCUT2D eigenvalue weighted by Gasteiger charge is 2.20. The number of carbonyl (C=O) groups excluding carboxylic acids is 1. The molecule has 1 fully saturated rings. The number of nitrogens with zero attached hydrogens (tertiary/aromatic N) is 2. The zero-order valence-electron chi connectivity index (χ0n) is 11.0. The van der Waals surface area contributed by atoms with Crippen molar-refractivity contribution in [3.8, 4) is 0 Å². The van der Waals surface area contributed by atoms with Crippen molar-refractivity contribution in [2.75, 3.05) is 45.9 Å². The molecule has 1 heterocycles. The Morgan fingerprint density at radius 1 is 1.41 bits per heavy atom. The number of carbonyl (C=O) groups is 1. The standard InChI is InChI=1S/C12H25N3O2/c1-11(2)15(5-3-4-13)10-12(16)14-6-8-17-9-7-14/h11H,3-10,13H2,1-2H3. The van der Waals surface area contributed by atoms with Gasteiger partial charge in [-0.3, -0.25) is 9.69 Å². The molecule has 1 aliphatic heterocycles. The Labute approximate surface area is 104 Å². The minimum Gasteiger partial charge on any atom is -0.378 e. The maximum Gasteiger partial charge on any atom is 0.236 e. The smallest absolute Gasteiger partial charge is 0.236 e. The average Bonchev–Trinajstić information content (AvgIpc) is 2.35. The normalized spacial score (nSPS) is 16.9. The van der Waals surface area contributed by atoms with E-state index in [4.69, 9.17) is 10.5 Å². The van der Waals surface area contributed by atoms with Gasteiger partial charge >= 0.3 is 0 Å². The molecule has 17 heavy (non-hydrogen) atoms. The fraction of sp³-hybridized carbons (Fsp3) is 0.917. The van der Waals surface area contributed by atoms with Gasteiger partial charge in [-0.25, -0.2) is 0 Å². The third-order valence-electron chi connectivity index (χ3n) is 3.08. The molecular formula is C12H25N3O2. The van der Waals surface area contributed by atoms with Crippen molar-refractivity contribution in [2.24, 2.45) is 5.73 Å². The molecule has 100 valence electrons. The molecular weight excluding hydrogens is 218 g/mol. The van der Waals surface area contributed by atoms with E-state index in [2.05, 4.69) is 18.7 Å². The lowest BCUT2D eigenvalue weighted by molar-refractivity contribution is -0.136. The second-order valence-electron chi connectivity index (χ2n) is 4.70.